The third-order valence-electron chi connectivity index (χ3n) is 9.99. The second-order valence-corrected chi connectivity index (χ2v) is 12.8. The van der Waals surface area contributed by atoms with E-state index in [1.54, 1.807) is 21.3 Å². The van der Waals surface area contributed by atoms with Crippen LogP contribution in [0.4, 0.5) is 0 Å². The Hall–Kier alpha value is -5.48. The maximum atomic E-state index is 7.46. The fourth-order valence-corrected chi connectivity index (χ4v) is 7.63. The van der Waals surface area contributed by atoms with Gasteiger partial charge in [0, 0.05) is 22.1 Å². The Morgan fingerprint density at radius 3 is 1.89 bits per heavy atom. The summed E-state index contributed by atoms with van der Waals surface area (Å²) in [5.74, 6) is 3.17. The van der Waals surface area contributed by atoms with Crippen LogP contribution in [0, 0.1) is 0 Å². The minimum absolute atomic E-state index is 0.287. The van der Waals surface area contributed by atoms with E-state index in [1.165, 1.54) is 33.4 Å². The third-order valence-corrected chi connectivity index (χ3v) is 9.99. The molecule has 1 aliphatic carbocycles. The monoisotopic (exact) mass is 616 g/mol. The van der Waals surface area contributed by atoms with Gasteiger partial charge in [0.2, 0.25) is 0 Å². The van der Waals surface area contributed by atoms with Crippen molar-refractivity contribution in [2.24, 2.45) is 0 Å². The first kappa shape index (κ1) is 29.0. The topological polar surface area (TPSA) is 36.9 Å². The van der Waals surface area contributed by atoms with Crippen molar-refractivity contribution in [2.75, 3.05) is 21.3 Å². The number of hydrogen-bond donors (Lipinski definition) is 0. The van der Waals surface area contributed by atoms with Gasteiger partial charge in [-0.15, -0.1) is 0 Å². The molecule has 4 nitrogen and oxygen atoms in total. The lowest BCUT2D eigenvalue weighted by Gasteiger charge is -2.38. The molecule has 0 fully saturated rings. The third kappa shape index (κ3) is 4.28. The van der Waals surface area contributed by atoms with Crippen LogP contribution in [-0.4, -0.2) is 21.3 Å². The highest BCUT2D eigenvalue weighted by atomic mass is 16.5. The molecule has 0 saturated heterocycles. The summed E-state index contributed by atoms with van der Waals surface area (Å²) in [6.07, 6.45) is 4.47. The van der Waals surface area contributed by atoms with Crippen molar-refractivity contribution < 1.29 is 18.9 Å². The van der Waals surface area contributed by atoms with Crippen LogP contribution in [0.3, 0.4) is 0 Å². The lowest BCUT2D eigenvalue weighted by molar-refractivity contribution is 0.163. The van der Waals surface area contributed by atoms with Crippen molar-refractivity contribution in [1.29, 1.82) is 0 Å². The van der Waals surface area contributed by atoms with Gasteiger partial charge in [0.05, 0.1) is 26.7 Å². The average Bonchev–Trinajstić information content (AvgIpc) is 3.37. The van der Waals surface area contributed by atoms with Crippen molar-refractivity contribution >= 4 is 16.8 Å². The zero-order valence-electron chi connectivity index (χ0n) is 27.3. The molecule has 47 heavy (non-hydrogen) atoms. The first-order chi connectivity index (χ1) is 22.9. The Kier molecular flexibility index (Phi) is 6.66. The van der Waals surface area contributed by atoms with Crippen LogP contribution in [0.1, 0.15) is 41.7 Å². The molecule has 0 amide bonds. The van der Waals surface area contributed by atoms with Gasteiger partial charge in [0.1, 0.15) is 23.0 Å². The Morgan fingerprint density at radius 1 is 0.617 bits per heavy atom. The summed E-state index contributed by atoms with van der Waals surface area (Å²) in [6.45, 7) is 4.67. The molecular formula is C43H36O4. The number of ether oxygens (including phenoxy) is 4. The molecule has 1 heterocycles. The number of rotatable bonds is 6. The first-order valence-corrected chi connectivity index (χ1v) is 15.9. The fourth-order valence-electron chi connectivity index (χ4n) is 7.63. The molecule has 6 aromatic carbocycles. The van der Waals surface area contributed by atoms with E-state index >= 15 is 0 Å². The SMILES string of the molecule is COc1ccc(C2(c3ccc(OC)cc3)C=Cc3c4c(c5cccc(OC)c5c3O2)-c2ccc(-c3ccccc3)cc2C4(C)C)cc1. The summed E-state index contributed by atoms with van der Waals surface area (Å²) in [5, 5.41) is 2.08. The van der Waals surface area contributed by atoms with Crippen LogP contribution >= 0.6 is 0 Å². The number of fused-ring (bicyclic) bond motifs is 8. The Morgan fingerprint density at radius 2 is 1.28 bits per heavy atom. The van der Waals surface area contributed by atoms with E-state index in [4.69, 9.17) is 18.9 Å². The minimum atomic E-state index is -0.913. The maximum absolute atomic E-state index is 7.46. The molecule has 0 aromatic heterocycles. The fraction of sp³-hybridized carbons (Fsp3) is 0.163. The Balaban J connectivity index is 1.41. The van der Waals surface area contributed by atoms with E-state index in [-0.39, 0.29) is 5.41 Å². The van der Waals surface area contributed by atoms with Gasteiger partial charge in [-0.25, -0.2) is 0 Å². The van der Waals surface area contributed by atoms with Crippen LogP contribution in [-0.2, 0) is 11.0 Å². The van der Waals surface area contributed by atoms with Crippen LogP contribution in [0.2, 0.25) is 0 Å². The molecule has 0 unspecified atom stereocenters. The van der Waals surface area contributed by atoms with Crippen molar-refractivity contribution in [1.82, 2.24) is 0 Å². The van der Waals surface area contributed by atoms with Crippen molar-refractivity contribution in [3.05, 3.63) is 149 Å². The quantitative estimate of drug-likeness (QED) is 0.187. The lowest BCUT2D eigenvalue weighted by Crippen LogP contribution is -2.35. The summed E-state index contributed by atoms with van der Waals surface area (Å²) < 4.78 is 24.6. The first-order valence-electron chi connectivity index (χ1n) is 15.9. The summed E-state index contributed by atoms with van der Waals surface area (Å²) in [5.41, 5.74) is 9.35. The molecule has 0 radical (unpaired) electrons. The van der Waals surface area contributed by atoms with Crippen molar-refractivity contribution in [2.45, 2.75) is 24.9 Å². The molecule has 232 valence electrons. The van der Waals surface area contributed by atoms with Gasteiger partial charge in [-0.05, 0) is 81.2 Å². The Labute approximate surface area is 275 Å². The van der Waals surface area contributed by atoms with Gasteiger partial charge in [-0.2, -0.15) is 0 Å². The van der Waals surface area contributed by atoms with Crippen LogP contribution in [0.15, 0.2) is 121 Å². The maximum Gasteiger partial charge on any atom is 0.178 e. The lowest BCUT2D eigenvalue weighted by atomic mass is 9.76. The molecule has 0 saturated carbocycles. The molecule has 0 N–H and O–H groups in total. The summed E-state index contributed by atoms with van der Waals surface area (Å²) in [4.78, 5) is 0. The second kappa shape index (κ2) is 10.8. The highest BCUT2D eigenvalue weighted by Gasteiger charge is 2.45. The van der Waals surface area contributed by atoms with E-state index < -0.39 is 5.60 Å². The van der Waals surface area contributed by atoms with Crippen LogP contribution < -0.4 is 18.9 Å². The average molecular weight is 617 g/mol. The van der Waals surface area contributed by atoms with Crippen LogP contribution in [0.25, 0.3) is 39.1 Å². The van der Waals surface area contributed by atoms with E-state index in [2.05, 4.69) is 111 Å². The largest absolute Gasteiger partial charge is 0.497 e. The molecule has 2 aliphatic rings. The second-order valence-electron chi connectivity index (χ2n) is 12.8. The molecule has 0 bridgehead atoms. The summed E-state index contributed by atoms with van der Waals surface area (Å²) in [7, 11) is 5.10. The number of methoxy groups -OCH3 is 3. The zero-order chi connectivity index (χ0) is 32.3. The minimum Gasteiger partial charge on any atom is -0.497 e. The molecule has 0 atom stereocenters. The molecule has 0 spiro atoms. The standard InChI is InChI=1S/C43H36O4/c1-42(2)36-26-28(27-10-7-6-8-11-27)14-23-33(36)38-34-12-9-13-37(46-5)39(34)41-35(40(38)42)24-25-43(47-41,29-15-19-31(44-3)20-16-29)30-17-21-32(45-4)22-18-30/h6-26H,1-5H3. The molecule has 1 aliphatic heterocycles. The van der Waals surface area contributed by atoms with Gasteiger partial charge in [-0.1, -0.05) is 98.8 Å². The molecule has 6 aromatic rings. The zero-order valence-corrected chi connectivity index (χ0v) is 27.3. The predicted octanol–water partition coefficient (Wildman–Crippen LogP) is 10.2. The van der Waals surface area contributed by atoms with Gasteiger partial charge >= 0.3 is 0 Å². The molecular weight excluding hydrogens is 580 g/mol. The normalized spacial score (nSPS) is 14.9. The summed E-state index contributed by atoms with van der Waals surface area (Å²) in [6, 6.07) is 40.1. The highest BCUT2D eigenvalue weighted by molar-refractivity contribution is 6.11. The van der Waals surface area contributed by atoms with Gasteiger partial charge in [0.15, 0.2) is 5.60 Å². The van der Waals surface area contributed by atoms with Crippen molar-refractivity contribution in [3.8, 4) is 45.3 Å². The molecule has 8 rings (SSSR count). The number of hydrogen-bond acceptors (Lipinski definition) is 4. The predicted molar refractivity (Wildman–Crippen MR) is 190 cm³/mol. The molecule has 4 heteroatoms. The number of benzene rings is 6. The van der Waals surface area contributed by atoms with E-state index in [0.29, 0.717) is 0 Å². The highest BCUT2D eigenvalue weighted by Crippen LogP contribution is 2.59. The van der Waals surface area contributed by atoms with E-state index in [1.807, 2.05) is 30.3 Å². The van der Waals surface area contributed by atoms with Gasteiger partial charge in [0.25, 0.3) is 0 Å². The smallest absolute Gasteiger partial charge is 0.178 e. The van der Waals surface area contributed by atoms with E-state index in [9.17, 15) is 0 Å². The van der Waals surface area contributed by atoms with E-state index in [0.717, 1.165) is 50.5 Å². The van der Waals surface area contributed by atoms with Crippen molar-refractivity contribution in [3.63, 3.8) is 0 Å². The van der Waals surface area contributed by atoms with Gasteiger partial charge < -0.3 is 18.9 Å². The summed E-state index contributed by atoms with van der Waals surface area (Å²) >= 11 is 0. The van der Waals surface area contributed by atoms with Crippen LogP contribution in [0.5, 0.6) is 23.0 Å². The Bertz CT molecular complexity index is 2130. The van der Waals surface area contributed by atoms with Gasteiger partial charge in [-0.3, -0.25) is 0 Å².